The molecular weight excluding hydrogens is 291 g/mol. The molecule has 0 N–H and O–H groups in total. The molecule has 0 saturated carbocycles. The van der Waals surface area contributed by atoms with Gasteiger partial charge in [0.25, 0.3) is 0 Å². The Bertz CT molecular complexity index is 645. The lowest BCUT2D eigenvalue weighted by Crippen LogP contribution is -2.13. The van der Waals surface area contributed by atoms with E-state index >= 15 is 0 Å². The average molecular weight is 296 g/mol. The second-order valence-electron chi connectivity index (χ2n) is 3.45. The van der Waals surface area contributed by atoms with E-state index in [0.717, 1.165) is 30.5 Å². The maximum absolute atomic E-state index is 12.3. The number of hydrogen-bond donors (Lipinski definition) is 0. The number of benzene rings is 1. The van der Waals surface area contributed by atoms with E-state index in [2.05, 4.69) is 4.99 Å². The highest BCUT2D eigenvalue weighted by Gasteiger charge is 2.32. The van der Waals surface area contributed by atoms with Crippen LogP contribution in [0.4, 0.5) is 13.2 Å². The van der Waals surface area contributed by atoms with Crippen LogP contribution in [0.25, 0.3) is 0 Å². The zero-order chi connectivity index (χ0) is 13.6. The van der Waals surface area contributed by atoms with Crippen LogP contribution >= 0.6 is 11.6 Å². The van der Waals surface area contributed by atoms with Crippen molar-refractivity contribution in [1.82, 2.24) is 0 Å². The third-order valence-electron chi connectivity index (χ3n) is 2.25. The highest BCUT2D eigenvalue weighted by molar-refractivity contribution is 8.11. The average Bonchev–Trinajstić information content (AvgIpc) is 2.53. The number of hydrogen-bond acceptors (Lipinski definition) is 3. The SMILES string of the molecule is O=S1(=O)C(Cl)=CN=C1c1ccc(C(F)(F)F)cc1. The van der Waals surface area contributed by atoms with E-state index in [4.69, 9.17) is 11.6 Å². The fourth-order valence-electron chi connectivity index (χ4n) is 1.37. The van der Waals surface area contributed by atoms with Gasteiger partial charge in [-0.05, 0) is 12.1 Å². The standard InChI is InChI=1S/C10H5ClF3NO2S/c11-8-5-15-9(18(8,16)17)6-1-3-7(4-2-6)10(12,13)14/h1-5H. The van der Waals surface area contributed by atoms with Gasteiger partial charge in [0.2, 0.25) is 9.84 Å². The summed E-state index contributed by atoms with van der Waals surface area (Å²) in [6, 6.07) is 3.67. The number of aliphatic imine (C=N–C) groups is 1. The fraction of sp³-hybridized carbons (Fsp3) is 0.100. The van der Waals surface area contributed by atoms with Crippen molar-refractivity contribution in [1.29, 1.82) is 0 Å². The van der Waals surface area contributed by atoms with Crippen LogP contribution in [-0.2, 0) is 16.0 Å². The lowest BCUT2D eigenvalue weighted by atomic mass is 10.1. The topological polar surface area (TPSA) is 46.5 Å². The van der Waals surface area contributed by atoms with E-state index < -0.39 is 25.9 Å². The van der Waals surface area contributed by atoms with E-state index in [1.165, 1.54) is 0 Å². The Morgan fingerprint density at radius 2 is 1.67 bits per heavy atom. The van der Waals surface area contributed by atoms with Crippen molar-refractivity contribution in [2.75, 3.05) is 0 Å². The van der Waals surface area contributed by atoms with E-state index in [9.17, 15) is 21.6 Å². The second-order valence-corrected chi connectivity index (χ2v) is 5.91. The fourth-order valence-corrected chi connectivity index (χ4v) is 2.65. The molecule has 8 heteroatoms. The summed E-state index contributed by atoms with van der Waals surface area (Å²) in [4.78, 5) is 3.59. The van der Waals surface area contributed by atoms with Gasteiger partial charge in [-0.3, -0.25) is 0 Å². The molecule has 1 aliphatic rings. The van der Waals surface area contributed by atoms with Gasteiger partial charge in [-0.15, -0.1) is 0 Å². The Hall–Kier alpha value is -1.34. The van der Waals surface area contributed by atoms with Crippen LogP contribution in [0.3, 0.4) is 0 Å². The van der Waals surface area contributed by atoms with Crippen LogP contribution < -0.4 is 0 Å². The molecule has 1 aliphatic heterocycles. The van der Waals surface area contributed by atoms with Crippen molar-refractivity contribution in [3.05, 3.63) is 46.0 Å². The van der Waals surface area contributed by atoms with Crippen molar-refractivity contribution in [2.45, 2.75) is 6.18 Å². The van der Waals surface area contributed by atoms with Gasteiger partial charge < -0.3 is 0 Å². The lowest BCUT2D eigenvalue weighted by Gasteiger charge is -2.07. The van der Waals surface area contributed by atoms with Gasteiger partial charge in [0.05, 0.1) is 11.8 Å². The summed E-state index contributed by atoms with van der Waals surface area (Å²) in [5.41, 5.74) is -0.795. The van der Waals surface area contributed by atoms with Crippen LogP contribution in [0.2, 0.25) is 0 Å². The summed E-state index contributed by atoms with van der Waals surface area (Å²) >= 11 is 5.43. The Kier molecular flexibility index (Phi) is 2.98. The van der Waals surface area contributed by atoms with Crippen LogP contribution in [0.1, 0.15) is 11.1 Å². The van der Waals surface area contributed by atoms with Gasteiger partial charge in [-0.25, -0.2) is 13.4 Å². The number of alkyl halides is 3. The van der Waals surface area contributed by atoms with Gasteiger partial charge in [0, 0.05) is 5.56 Å². The maximum Gasteiger partial charge on any atom is 0.416 e. The largest absolute Gasteiger partial charge is 0.416 e. The Labute approximate surface area is 106 Å². The summed E-state index contributed by atoms with van der Waals surface area (Å²) < 4.78 is 59.8. The minimum Gasteiger partial charge on any atom is -0.241 e. The molecule has 0 saturated heterocycles. The number of halogens is 4. The normalized spacial score (nSPS) is 18.4. The van der Waals surface area contributed by atoms with Crippen molar-refractivity contribution in [3.63, 3.8) is 0 Å². The zero-order valence-corrected chi connectivity index (χ0v) is 10.1. The van der Waals surface area contributed by atoms with Gasteiger partial charge in [0.15, 0.2) is 9.41 Å². The molecular formula is C10H5ClF3NO2S. The molecule has 0 amide bonds. The molecule has 2 rings (SSSR count). The molecule has 1 heterocycles. The van der Waals surface area contributed by atoms with Crippen molar-refractivity contribution >= 4 is 26.5 Å². The quantitative estimate of drug-likeness (QED) is 0.800. The highest BCUT2D eigenvalue weighted by Crippen LogP contribution is 2.30. The third-order valence-corrected chi connectivity index (χ3v) is 4.43. The van der Waals surface area contributed by atoms with Gasteiger partial charge in [-0.2, -0.15) is 13.2 Å². The first-order valence-corrected chi connectivity index (χ1v) is 6.45. The maximum atomic E-state index is 12.3. The summed E-state index contributed by atoms with van der Waals surface area (Å²) in [5.74, 6) is 0. The van der Waals surface area contributed by atoms with Crippen molar-refractivity contribution in [2.24, 2.45) is 4.99 Å². The summed E-state index contributed by atoms with van der Waals surface area (Å²) in [6.07, 6.45) is -3.52. The molecule has 0 fully saturated rings. The first-order valence-electron chi connectivity index (χ1n) is 4.59. The molecule has 0 radical (unpaired) electrons. The van der Waals surface area contributed by atoms with Crippen molar-refractivity contribution in [3.8, 4) is 0 Å². The predicted molar refractivity (Wildman–Crippen MR) is 60.8 cm³/mol. The molecule has 18 heavy (non-hydrogen) atoms. The molecule has 96 valence electrons. The molecule has 1 aromatic carbocycles. The van der Waals surface area contributed by atoms with Crippen LogP contribution in [0.15, 0.2) is 39.8 Å². The smallest absolute Gasteiger partial charge is 0.241 e. The molecule has 0 spiro atoms. The second kappa shape index (κ2) is 4.10. The number of sulfone groups is 1. The lowest BCUT2D eigenvalue weighted by molar-refractivity contribution is -0.137. The van der Waals surface area contributed by atoms with E-state index in [-0.39, 0.29) is 10.6 Å². The molecule has 0 unspecified atom stereocenters. The van der Waals surface area contributed by atoms with E-state index in [0.29, 0.717) is 0 Å². The Morgan fingerprint density at radius 3 is 2.06 bits per heavy atom. The summed E-state index contributed by atoms with van der Waals surface area (Å²) in [6.45, 7) is 0. The minimum absolute atomic E-state index is 0.0647. The van der Waals surface area contributed by atoms with Crippen LogP contribution in [0.5, 0.6) is 0 Å². The first-order chi connectivity index (χ1) is 8.23. The Morgan fingerprint density at radius 1 is 1.11 bits per heavy atom. The third kappa shape index (κ3) is 2.15. The summed E-state index contributed by atoms with van der Waals surface area (Å²) in [7, 11) is -3.87. The molecule has 0 atom stereocenters. The highest BCUT2D eigenvalue weighted by atomic mass is 35.5. The number of nitrogens with zero attached hydrogens (tertiary/aromatic N) is 1. The van der Waals surface area contributed by atoms with Gasteiger partial charge in [0.1, 0.15) is 0 Å². The summed E-state index contributed by atoms with van der Waals surface area (Å²) in [5, 5.41) is -0.346. The van der Waals surface area contributed by atoms with E-state index in [1.807, 2.05) is 0 Å². The van der Waals surface area contributed by atoms with Crippen molar-refractivity contribution < 1.29 is 21.6 Å². The molecule has 0 aliphatic carbocycles. The molecule has 3 nitrogen and oxygen atoms in total. The van der Waals surface area contributed by atoms with Gasteiger partial charge >= 0.3 is 6.18 Å². The Balaban J connectivity index is 2.40. The van der Waals surface area contributed by atoms with Crippen LogP contribution in [0, 0.1) is 0 Å². The van der Waals surface area contributed by atoms with Crippen LogP contribution in [-0.4, -0.2) is 13.5 Å². The van der Waals surface area contributed by atoms with E-state index in [1.54, 1.807) is 0 Å². The molecule has 0 aromatic heterocycles. The monoisotopic (exact) mass is 295 g/mol. The molecule has 0 bridgehead atoms. The minimum atomic E-state index is -4.47. The predicted octanol–water partition coefficient (Wildman–Crippen LogP) is 2.92. The first kappa shape index (κ1) is 13.1. The number of rotatable bonds is 1. The zero-order valence-electron chi connectivity index (χ0n) is 8.57. The van der Waals surface area contributed by atoms with Gasteiger partial charge in [-0.1, -0.05) is 23.7 Å². The molecule has 1 aromatic rings.